The Morgan fingerprint density at radius 2 is 1.91 bits per heavy atom. The Morgan fingerprint density at radius 3 is 2.57 bits per heavy atom. The van der Waals surface area contributed by atoms with Crippen molar-refractivity contribution in [3.8, 4) is 11.5 Å². The first kappa shape index (κ1) is 27.2. The first-order valence-electron chi connectivity index (χ1n) is 11.7. The summed E-state index contributed by atoms with van der Waals surface area (Å²) in [5.74, 6) is -0.239. The molecular weight excluding hydrogens is 467 g/mol. The molecule has 1 aliphatic carbocycles. The number of carboxylic acids is 1. The van der Waals surface area contributed by atoms with E-state index in [0.29, 0.717) is 24.5 Å². The van der Waals surface area contributed by atoms with Crippen LogP contribution in [-0.4, -0.2) is 47.6 Å². The number of halogens is 3. The monoisotopic (exact) mass is 499 g/mol. The quantitative estimate of drug-likeness (QED) is 0.428. The first-order chi connectivity index (χ1) is 16.5. The van der Waals surface area contributed by atoms with Crippen LogP contribution in [0.5, 0.6) is 0 Å². The largest absolute Gasteiger partial charge is 0.479 e. The van der Waals surface area contributed by atoms with Gasteiger partial charge in [-0.15, -0.1) is 0 Å². The number of aromatic nitrogens is 1. The van der Waals surface area contributed by atoms with Gasteiger partial charge >= 0.3 is 12.1 Å². The molecule has 1 heterocycles. The predicted octanol–water partition coefficient (Wildman–Crippen LogP) is 5.64. The van der Waals surface area contributed by atoms with Crippen LogP contribution >= 0.6 is 0 Å². The van der Waals surface area contributed by atoms with Gasteiger partial charge in [-0.25, -0.2) is 9.78 Å². The molecule has 1 aromatic carbocycles. The van der Waals surface area contributed by atoms with Crippen molar-refractivity contribution >= 4 is 5.97 Å². The number of aryl methyl sites for hydroxylation is 1. The summed E-state index contributed by atoms with van der Waals surface area (Å²) in [5.41, 5.74) is -0.00176. The molecule has 10 heteroatoms. The van der Waals surface area contributed by atoms with E-state index < -0.39 is 23.8 Å². The molecule has 1 N–H and O–H groups in total. The lowest BCUT2D eigenvalue weighted by Crippen LogP contribution is -2.35. The molecule has 1 fully saturated rings. The zero-order chi connectivity index (χ0) is 25.6. The number of carbonyl (C=O) groups is 1. The molecule has 0 saturated heterocycles. The van der Waals surface area contributed by atoms with E-state index in [1.165, 1.54) is 12.1 Å². The highest BCUT2D eigenvalue weighted by Gasteiger charge is 2.31. The number of oxazole rings is 1. The lowest BCUT2D eigenvalue weighted by Gasteiger charge is -2.30. The Hall–Kier alpha value is -2.43. The van der Waals surface area contributed by atoms with Gasteiger partial charge in [-0.3, -0.25) is 0 Å². The summed E-state index contributed by atoms with van der Waals surface area (Å²) in [5, 5.41) is 9.34. The highest BCUT2D eigenvalue weighted by atomic mass is 19.4. The van der Waals surface area contributed by atoms with E-state index in [-0.39, 0.29) is 42.8 Å². The summed E-state index contributed by atoms with van der Waals surface area (Å²) in [6.45, 7) is 6.06. The molecule has 194 valence electrons. The third kappa shape index (κ3) is 8.05. The Kier molecular flexibility index (Phi) is 9.32. The average Bonchev–Trinajstić information content (AvgIpc) is 3.17. The molecule has 1 aliphatic rings. The fourth-order valence-corrected chi connectivity index (χ4v) is 3.84. The molecule has 0 amide bonds. The van der Waals surface area contributed by atoms with E-state index in [2.05, 4.69) is 4.98 Å². The molecule has 1 saturated carbocycles. The van der Waals surface area contributed by atoms with Crippen LogP contribution in [0.1, 0.15) is 56.5 Å². The van der Waals surface area contributed by atoms with Crippen molar-refractivity contribution in [3.63, 3.8) is 0 Å². The number of hydrogen-bond donors (Lipinski definition) is 1. The van der Waals surface area contributed by atoms with Crippen molar-refractivity contribution in [1.29, 1.82) is 0 Å². The Labute approximate surface area is 202 Å². The van der Waals surface area contributed by atoms with Gasteiger partial charge in [0.05, 0.1) is 37.6 Å². The topological polar surface area (TPSA) is 91.0 Å². The van der Waals surface area contributed by atoms with Crippen LogP contribution in [-0.2, 0) is 31.8 Å². The van der Waals surface area contributed by atoms with Crippen LogP contribution in [0.4, 0.5) is 13.2 Å². The highest BCUT2D eigenvalue weighted by molar-refractivity contribution is 5.72. The minimum absolute atomic E-state index is 0.0256. The second-order valence-electron chi connectivity index (χ2n) is 9.21. The standard InChI is InChI=1S/C25H32F3NO6/c1-15(2)12-34-22(24(30)31)14-33-20-9-5-8-19(11-20)32-13-21-16(3)35-23(29-21)17-6-4-7-18(10-17)25(26,27)28/h4,6-7,10,15,19-20,22H,5,8-9,11-14H2,1-3H3,(H,30,31). The maximum Gasteiger partial charge on any atom is 0.416 e. The third-order valence-corrected chi connectivity index (χ3v) is 5.75. The molecule has 0 radical (unpaired) electrons. The molecule has 0 aliphatic heterocycles. The molecular formula is C25H32F3NO6. The van der Waals surface area contributed by atoms with E-state index in [1.807, 2.05) is 13.8 Å². The summed E-state index contributed by atoms with van der Waals surface area (Å²) in [6, 6.07) is 4.84. The van der Waals surface area contributed by atoms with E-state index in [9.17, 15) is 23.1 Å². The van der Waals surface area contributed by atoms with Gasteiger partial charge in [-0.05, 0) is 56.7 Å². The van der Waals surface area contributed by atoms with E-state index in [4.69, 9.17) is 18.6 Å². The van der Waals surface area contributed by atoms with Crippen molar-refractivity contribution in [2.75, 3.05) is 13.2 Å². The number of hydrogen-bond acceptors (Lipinski definition) is 6. The van der Waals surface area contributed by atoms with E-state index in [1.54, 1.807) is 6.92 Å². The van der Waals surface area contributed by atoms with E-state index >= 15 is 0 Å². The molecule has 7 nitrogen and oxygen atoms in total. The van der Waals surface area contributed by atoms with Crippen LogP contribution in [0.3, 0.4) is 0 Å². The summed E-state index contributed by atoms with van der Waals surface area (Å²) in [6.07, 6.45) is -2.61. The summed E-state index contributed by atoms with van der Waals surface area (Å²) >= 11 is 0. The van der Waals surface area contributed by atoms with Crippen molar-refractivity contribution in [2.45, 2.75) is 77.5 Å². The van der Waals surface area contributed by atoms with Crippen molar-refractivity contribution in [1.82, 2.24) is 4.98 Å². The Bertz CT molecular complexity index is 974. The predicted molar refractivity (Wildman–Crippen MR) is 121 cm³/mol. The average molecular weight is 500 g/mol. The number of carboxylic acid groups (broad SMARTS) is 1. The number of nitrogens with zero attached hydrogens (tertiary/aromatic N) is 1. The van der Waals surface area contributed by atoms with Crippen LogP contribution in [0.2, 0.25) is 0 Å². The van der Waals surface area contributed by atoms with Gasteiger partial charge in [0, 0.05) is 5.56 Å². The summed E-state index contributed by atoms with van der Waals surface area (Å²) < 4.78 is 61.9. The summed E-state index contributed by atoms with van der Waals surface area (Å²) in [7, 11) is 0. The smallest absolute Gasteiger partial charge is 0.416 e. The lowest BCUT2D eigenvalue weighted by atomic mass is 9.95. The normalized spacial score (nSPS) is 19.7. The van der Waals surface area contributed by atoms with Gasteiger partial charge in [0.15, 0.2) is 6.10 Å². The number of aliphatic carboxylic acids is 1. The van der Waals surface area contributed by atoms with Crippen molar-refractivity contribution in [3.05, 3.63) is 41.3 Å². The minimum Gasteiger partial charge on any atom is -0.479 e. The van der Waals surface area contributed by atoms with E-state index in [0.717, 1.165) is 31.4 Å². The number of benzene rings is 1. The summed E-state index contributed by atoms with van der Waals surface area (Å²) in [4.78, 5) is 15.8. The minimum atomic E-state index is -4.45. The molecule has 0 bridgehead atoms. The van der Waals surface area contributed by atoms with Crippen LogP contribution in [0.25, 0.3) is 11.5 Å². The highest BCUT2D eigenvalue weighted by Crippen LogP contribution is 2.33. The Morgan fingerprint density at radius 1 is 1.20 bits per heavy atom. The van der Waals surface area contributed by atoms with Gasteiger partial charge in [0.25, 0.3) is 0 Å². The fraction of sp³-hybridized carbons (Fsp3) is 0.600. The second kappa shape index (κ2) is 12.0. The molecule has 35 heavy (non-hydrogen) atoms. The maximum absolute atomic E-state index is 13.0. The molecule has 1 aromatic heterocycles. The van der Waals surface area contributed by atoms with Crippen molar-refractivity contribution in [2.24, 2.45) is 5.92 Å². The lowest BCUT2D eigenvalue weighted by molar-refractivity contribution is -0.158. The SMILES string of the molecule is Cc1oc(-c2cccc(C(F)(F)F)c2)nc1COC1CCCC(OCC(OCC(C)C)C(=O)O)C1. The molecule has 3 atom stereocenters. The third-order valence-electron chi connectivity index (χ3n) is 5.75. The Balaban J connectivity index is 1.54. The molecule has 2 aromatic rings. The molecule has 3 rings (SSSR count). The fourth-order valence-electron chi connectivity index (χ4n) is 3.84. The zero-order valence-corrected chi connectivity index (χ0v) is 20.1. The van der Waals surface area contributed by atoms with Crippen LogP contribution in [0, 0.1) is 12.8 Å². The number of ether oxygens (including phenoxy) is 3. The van der Waals surface area contributed by atoms with Gasteiger partial charge in [-0.1, -0.05) is 19.9 Å². The molecule has 0 spiro atoms. The van der Waals surface area contributed by atoms with Gasteiger partial charge < -0.3 is 23.7 Å². The van der Waals surface area contributed by atoms with Crippen LogP contribution < -0.4 is 0 Å². The van der Waals surface area contributed by atoms with Gasteiger partial charge in [0.1, 0.15) is 11.5 Å². The van der Waals surface area contributed by atoms with Gasteiger partial charge in [-0.2, -0.15) is 13.2 Å². The van der Waals surface area contributed by atoms with Gasteiger partial charge in [0.2, 0.25) is 5.89 Å². The number of alkyl halides is 3. The van der Waals surface area contributed by atoms with Crippen LogP contribution in [0.15, 0.2) is 28.7 Å². The maximum atomic E-state index is 13.0. The number of rotatable bonds is 11. The van der Waals surface area contributed by atoms with Crippen molar-refractivity contribution < 1.29 is 41.7 Å². The first-order valence-corrected chi connectivity index (χ1v) is 11.7. The second-order valence-corrected chi connectivity index (χ2v) is 9.21. The molecule has 3 unspecified atom stereocenters. The zero-order valence-electron chi connectivity index (χ0n) is 20.1.